The van der Waals surface area contributed by atoms with Gasteiger partial charge in [0.1, 0.15) is 0 Å². The molecule has 1 amide bonds. The van der Waals surface area contributed by atoms with Crippen molar-refractivity contribution < 1.29 is 9.69 Å². The SMILES string of the molecule is CN(C)C(=O)c1ccc(NC(=S)NCCC[NH+](C)C)cc1. The maximum absolute atomic E-state index is 11.8. The molecule has 0 saturated carbocycles. The summed E-state index contributed by atoms with van der Waals surface area (Å²) in [4.78, 5) is 14.8. The molecule has 0 aromatic heterocycles. The first-order valence-electron chi connectivity index (χ1n) is 7.05. The highest BCUT2D eigenvalue weighted by atomic mass is 32.1. The summed E-state index contributed by atoms with van der Waals surface area (Å²) in [5.41, 5.74) is 1.54. The summed E-state index contributed by atoms with van der Waals surface area (Å²) in [5.74, 6) is -0.00608. The Bertz CT molecular complexity index is 471. The maximum atomic E-state index is 11.8. The molecule has 0 unspecified atom stereocenters. The number of thiocarbonyl (C=S) groups is 1. The van der Waals surface area contributed by atoms with Crippen molar-refractivity contribution in [1.82, 2.24) is 10.2 Å². The minimum absolute atomic E-state index is 0.00608. The minimum atomic E-state index is -0.00608. The molecular weight excluding hydrogens is 284 g/mol. The average Bonchev–Trinajstić information content (AvgIpc) is 2.43. The molecule has 3 N–H and O–H groups in total. The summed E-state index contributed by atoms with van der Waals surface area (Å²) in [6, 6.07) is 7.30. The molecular formula is C15H25N4OS+. The summed E-state index contributed by atoms with van der Waals surface area (Å²) in [5, 5.41) is 6.89. The van der Waals surface area contributed by atoms with E-state index in [1.54, 1.807) is 31.1 Å². The number of nitrogens with zero attached hydrogens (tertiary/aromatic N) is 1. The zero-order valence-corrected chi connectivity index (χ0v) is 14.0. The zero-order valence-electron chi connectivity index (χ0n) is 13.2. The molecule has 0 radical (unpaired) electrons. The topological polar surface area (TPSA) is 48.8 Å². The molecule has 0 aliphatic carbocycles. The molecule has 1 aromatic carbocycles. The third-order valence-corrected chi connectivity index (χ3v) is 3.18. The van der Waals surface area contributed by atoms with Gasteiger partial charge in [0, 0.05) is 38.3 Å². The number of amides is 1. The molecule has 0 bridgehead atoms. The van der Waals surface area contributed by atoms with Crippen LogP contribution in [0.15, 0.2) is 24.3 Å². The van der Waals surface area contributed by atoms with Gasteiger partial charge < -0.3 is 20.4 Å². The van der Waals surface area contributed by atoms with Crippen molar-refractivity contribution in [2.75, 3.05) is 46.6 Å². The third kappa shape index (κ3) is 6.55. The summed E-state index contributed by atoms with van der Waals surface area (Å²) in [6.07, 6.45) is 1.07. The normalized spacial score (nSPS) is 10.3. The van der Waals surface area contributed by atoms with Gasteiger partial charge in [-0.2, -0.15) is 0 Å². The van der Waals surface area contributed by atoms with Crippen molar-refractivity contribution in [3.05, 3.63) is 29.8 Å². The van der Waals surface area contributed by atoms with Crippen LogP contribution in [-0.4, -0.2) is 57.2 Å². The highest BCUT2D eigenvalue weighted by molar-refractivity contribution is 7.80. The molecule has 5 nitrogen and oxygen atoms in total. The van der Waals surface area contributed by atoms with E-state index in [-0.39, 0.29) is 5.91 Å². The highest BCUT2D eigenvalue weighted by Gasteiger charge is 2.07. The lowest BCUT2D eigenvalue weighted by Gasteiger charge is -2.13. The van der Waals surface area contributed by atoms with Crippen LogP contribution in [-0.2, 0) is 0 Å². The first kappa shape index (κ1) is 17.4. The van der Waals surface area contributed by atoms with Gasteiger partial charge >= 0.3 is 0 Å². The van der Waals surface area contributed by atoms with Gasteiger partial charge in [-0.15, -0.1) is 0 Å². The van der Waals surface area contributed by atoms with Gasteiger partial charge in [-0.25, -0.2) is 0 Å². The Morgan fingerprint density at radius 2 is 1.86 bits per heavy atom. The Balaban J connectivity index is 2.41. The van der Waals surface area contributed by atoms with Crippen LogP contribution < -0.4 is 15.5 Å². The fraction of sp³-hybridized carbons (Fsp3) is 0.467. The summed E-state index contributed by atoms with van der Waals surface area (Å²) >= 11 is 5.24. The lowest BCUT2D eigenvalue weighted by atomic mass is 10.2. The highest BCUT2D eigenvalue weighted by Crippen LogP contribution is 2.10. The molecule has 0 aliphatic rings. The van der Waals surface area contributed by atoms with Crippen molar-refractivity contribution in [3.63, 3.8) is 0 Å². The van der Waals surface area contributed by atoms with Crippen molar-refractivity contribution in [3.8, 4) is 0 Å². The number of anilines is 1. The Morgan fingerprint density at radius 1 is 1.24 bits per heavy atom. The van der Waals surface area contributed by atoms with E-state index < -0.39 is 0 Å². The second kappa shape index (κ2) is 8.59. The Kier molecular flexibility index (Phi) is 7.11. The molecule has 1 aromatic rings. The monoisotopic (exact) mass is 309 g/mol. The van der Waals surface area contributed by atoms with Crippen LogP contribution in [0.3, 0.4) is 0 Å². The third-order valence-electron chi connectivity index (χ3n) is 2.94. The number of hydrogen-bond acceptors (Lipinski definition) is 2. The van der Waals surface area contributed by atoms with E-state index in [4.69, 9.17) is 12.2 Å². The van der Waals surface area contributed by atoms with Crippen LogP contribution in [0.25, 0.3) is 0 Å². The molecule has 6 heteroatoms. The molecule has 116 valence electrons. The van der Waals surface area contributed by atoms with Crippen molar-refractivity contribution in [1.29, 1.82) is 0 Å². The molecule has 0 spiro atoms. The van der Waals surface area contributed by atoms with Gasteiger partial charge in [0.2, 0.25) is 0 Å². The first-order chi connectivity index (χ1) is 9.90. The predicted molar refractivity (Wildman–Crippen MR) is 91.0 cm³/mol. The number of nitrogens with one attached hydrogen (secondary N) is 3. The number of benzene rings is 1. The lowest BCUT2D eigenvalue weighted by Crippen LogP contribution is -3.05. The first-order valence-corrected chi connectivity index (χ1v) is 7.46. The van der Waals surface area contributed by atoms with Gasteiger partial charge in [-0.05, 0) is 36.5 Å². The van der Waals surface area contributed by atoms with Gasteiger partial charge in [0.05, 0.1) is 20.6 Å². The minimum Gasteiger partial charge on any atom is -0.362 e. The van der Waals surface area contributed by atoms with E-state index in [0.717, 1.165) is 25.2 Å². The molecule has 0 saturated heterocycles. The molecule has 0 heterocycles. The van der Waals surface area contributed by atoms with Crippen LogP contribution in [0.4, 0.5) is 5.69 Å². The van der Waals surface area contributed by atoms with Crippen molar-refractivity contribution in [2.24, 2.45) is 0 Å². The van der Waals surface area contributed by atoms with Crippen LogP contribution in [0.1, 0.15) is 16.8 Å². The van der Waals surface area contributed by atoms with E-state index in [0.29, 0.717) is 10.7 Å². The predicted octanol–water partition coefficient (Wildman–Crippen LogP) is 0.209. The van der Waals surface area contributed by atoms with Gasteiger partial charge in [-0.3, -0.25) is 4.79 Å². The van der Waals surface area contributed by atoms with E-state index in [2.05, 4.69) is 24.7 Å². The number of hydrogen-bond donors (Lipinski definition) is 3. The quantitative estimate of drug-likeness (QED) is 0.519. The van der Waals surface area contributed by atoms with Crippen molar-refractivity contribution >= 4 is 28.9 Å². The van der Waals surface area contributed by atoms with E-state index in [9.17, 15) is 4.79 Å². The van der Waals surface area contributed by atoms with Gasteiger partial charge in [0.25, 0.3) is 5.91 Å². The van der Waals surface area contributed by atoms with E-state index >= 15 is 0 Å². The van der Waals surface area contributed by atoms with Gasteiger partial charge in [0.15, 0.2) is 5.11 Å². The van der Waals surface area contributed by atoms with Crippen molar-refractivity contribution in [2.45, 2.75) is 6.42 Å². The molecule has 0 aliphatic heterocycles. The van der Waals surface area contributed by atoms with E-state index in [1.807, 2.05) is 12.1 Å². The number of carbonyl (C=O) groups excluding carboxylic acids is 1. The van der Waals surface area contributed by atoms with Crippen LogP contribution in [0.2, 0.25) is 0 Å². The van der Waals surface area contributed by atoms with Crippen LogP contribution in [0.5, 0.6) is 0 Å². The van der Waals surface area contributed by atoms with Crippen LogP contribution in [0, 0.1) is 0 Å². The Morgan fingerprint density at radius 3 is 2.38 bits per heavy atom. The number of quaternary nitrogens is 1. The molecule has 0 atom stereocenters. The molecule has 0 fully saturated rings. The Hall–Kier alpha value is -1.66. The van der Waals surface area contributed by atoms with E-state index in [1.165, 1.54) is 4.90 Å². The second-order valence-electron chi connectivity index (χ2n) is 5.47. The molecule has 1 rings (SSSR count). The maximum Gasteiger partial charge on any atom is 0.253 e. The fourth-order valence-electron chi connectivity index (χ4n) is 1.77. The largest absolute Gasteiger partial charge is 0.362 e. The zero-order chi connectivity index (χ0) is 15.8. The second-order valence-corrected chi connectivity index (χ2v) is 5.88. The summed E-state index contributed by atoms with van der Waals surface area (Å²) in [6.45, 7) is 1.96. The number of rotatable bonds is 6. The average molecular weight is 309 g/mol. The number of carbonyl (C=O) groups is 1. The summed E-state index contributed by atoms with van der Waals surface area (Å²) < 4.78 is 0. The lowest BCUT2D eigenvalue weighted by molar-refractivity contribution is -0.858. The van der Waals surface area contributed by atoms with Crippen LogP contribution >= 0.6 is 12.2 Å². The molecule has 21 heavy (non-hydrogen) atoms. The fourth-order valence-corrected chi connectivity index (χ4v) is 1.99. The summed E-state index contributed by atoms with van der Waals surface area (Å²) in [7, 11) is 7.74. The van der Waals surface area contributed by atoms with Gasteiger partial charge in [-0.1, -0.05) is 0 Å². The Labute approximate surface area is 132 Å². The smallest absolute Gasteiger partial charge is 0.253 e. The standard InChI is InChI=1S/C15H24N4OS/c1-18(2)11-5-10-16-15(21)17-13-8-6-12(7-9-13)14(20)19(3)4/h6-9H,5,10-11H2,1-4H3,(H2,16,17,21)/p+1.